The number of aromatic nitrogens is 4. The van der Waals surface area contributed by atoms with Crippen LogP contribution >= 0.6 is 0 Å². The van der Waals surface area contributed by atoms with Crippen molar-refractivity contribution in [3.8, 4) is 11.1 Å². The van der Waals surface area contributed by atoms with E-state index in [-0.39, 0.29) is 5.56 Å². The number of benzene rings is 1. The van der Waals surface area contributed by atoms with Crippen molar-refractivity contribution >= 4 is 16.6 Å². The number of ether oxygens (including phenoxy) is 1. The van der Waals surface area contributed by atoms with Gasteiger partial charge in [0.15, 0.2) is 0 Å². The number of methoxy groups -OCH3 is 1. The lowest BCUT2D eigenvalue weighted by molar-refractivity contribution is 0.201. The van der Waals surface area contributed by atoms with Crippen LogP contribution in [0.4, 0.5) is 0 Å². The first kappa shape index (κ1) is 19.3. The van der Waals surface area contributed by atoms with Gasteiger partial charge in [-0.2, -0.15) is 5.10 Å². The van der Waals surface area contributed by atoms with Gasteiger partial charge in [0.2, 0.25) is 0 Å². The first-order valence-corrected chi connectivity index (χ1v) is 10.0. The number of rotatable bonds is 6. The van der Waals surface area contributed by atoms with Crippen LogP contribution in [0.5, 0.6) is 0 Å². The van der Waals surface area contributed by atoms with Gasteiger partial charge in [0.25, 0.3) is 5.56 Å². The molecule has 0 unspecified atom stereocenters. The summed E-state index contributed by atoms with van der Waals surface area (Å²) in [6.45, 7) is 7.33. The summed E-state index contributed by atoms with van der Waals surface area (Å²) in [5, 5.41) is 5.48. The molecule has 4 rings (SSSR count). The van der Waals surface area contributed by atoms with E-state index in [0.29, 0.717) is 25.0 Å². The Labute approximate surface area is 169 Å². The van der Waals surface area contributed by atoms with Gasteiger partial charge in [-0.15, -0.1) is 0 Å². The maximum atomic E-state index is 13.2. The third-order valence-corrected chi connectivity index (χ3v) is 5.14. The lowest BCUT2D eigenvalue weighted by Crippen LogP contribution is -2.22. The van der Waals surface area contributed by atoms with Gasteiger partial charge in [-0.3, -0.25) is 14.3 Å². The van der Waals surface area contributed by atoms with Crippen LogP contribution in [0.25, 0.3) is 27.7 Å². The molecule has 0 saturated heterocycles. The molecule has 6 nitrogen and oxygen atoms in total. The van der Waals surface area contributed by atoms with E-state index < -0.39 is 0 Å². The molecule has 0 aliphatic heterocycles. The van der Waals surface area contributed by atoms with Crippen molar-refractivity contribution in [1.82, 2.24) is 19.2 Å². The summed E-state index contributed by atoms with van der Waals surface area (Å²) in [6.07, 6.45) is 1.59. The van der Waals surface area contributed by atoms with E-state index in [9.17, 15) is 4.79 Å². The molecule has 6 heteroatoms. The molecule has 1 aromatic carbocycles. The maximum Gasteiger partial charge on any atom is 0.261 e. The van der Waals surface area contributed by atoms with Crippen molar-refractivity contribution in [1.29, 1.82) is 0 Å². The van der Waals surface area contributed by atoms with Crippen molar-refractivity contribution in [2.24, 2.45) is 0 Å². The standard InChI is InChI=1S/C23H26N4O2/c1-5-9-26-22-14-19(8-10-29-4)25-27(22)21-13-17(6-7-20(21)23(26)28)18-11-15(2)24-16(3)12-18/h6-7,11-14H,5,8-10H2,1-4H3. The summed E-state index contributed by atoms with van der Waals surface area (Å²) in [5.74, 6) is 0. The van der Waals surface area contributed by atoms with E-state index in [1.807, 2.05) is 41.1 Å². The van der Waals surface area contributed by atoms with Gasteiger partial charge in [-0.25, -0.2) is 4.52 Å². The fraction of sp³-hybridized carbons (Fsp3) is 0.348. The summed E-state index contributed by atoms with van der Waals surface area (Å²) in [6, 6.07) is 12.1. The fourth-order valence-corrected chi connectivity index (χ4v) is 3.87. The molecule has 0 atom stereocenters. The SMILES string of the molecule is CCCn1c(=O)c2ccc(-c3cc(C)nc(C)c3)cc2n2nc(CCOC)cc12. The second-order valence-electron chi connectivity index (χ2n) is 7.48. The molecule has 0 saturated carbocycles. The molecular weight excluding hydrogens is 364 g/mol. The fourth-order valence-electron chi connectivity index (χ4n) is 3.87. The third-order valence-electron chi connectivity index (χ3n) is 5.14. The summed E-state index contributed by atoms with van der Waals surface area (Å²) in [4.78, 5) is 17.7. The zero-order valence-electron chi connectivity index (χ0n) is 17.4. The highest BCUT2D eigenvalue weighted by Gasteiger charge is 2.14. The number of aryl methyl sites for hydroxylation is 3. The highest BCUT2D eigenvalue weighted by Crippen LogP contribution is 2.25. The minimum absolute atomic E-state index is 0.0289. The van der Waals surface area contributed by atoms with E-state index in [4.69, 9.17) is 9.84 Å². The van der Waals surface area contributed by atoms with Crippen molar-refractivity contribution < 1.29 is 4.74 Å². The first-order chi connectivity index (χ1) is 14.0. The molecule has 29 heavy (non-hydrogen) atoms. The third kappa shape index (κ3) is 3.56. The number of nitrogens with zero attached hydrogens (tertiary/aromatic N) is 4. The Morgan fingerprint density at radius 1 is 1.03 bits per heavy atom. The van der Waals surface area contributed by atoms with Crippen LogP contribution in [0.2, 0.25) is 0 Å². The predicted molar refractivity (Wildman–Crippen MR) is 116 cm³/mol. The molecule has 0 aliphatic rings. The van der Waals surface area contributed by atoms with Crippen LogP contribution in [-0.2, 0) is 17.7 Å². The van der Waals surface area contributed by atoms with Crippen molar-refractivity contribution in [3.05, 3.63) is 63.8 Å². The molecule has 4 aromatic rings. The van der Waals surface area contributed by atoms with Crippen LogP contribution < -0.4 is 5.56 Å². The molecule has 0 aliphatic carbocycles. The number of pyridine rings is 1. The monoisotopic (exact) mass is 390 g/mol. The smallest absolute Gasteiger partial charge is 0.261 e. The Bertz CT molecular complexity index is 1230. The second-order valence-corrected chi connectivity index (χ2v) is 7.48. The molecule has 0 N–H and O–H groups in total. The van der Waals surface area contributed by atoms with Gasteiger partial charge in [-0.1, -0.05) is 13.0 Å². The van der Waals surface area contributed by atoms with Gasteiger partial charge in [0.1, 0.15) is 5.65 Å². The van der Waals surface area contributed by atoms with E-state index in [2.05, 4.69) is 30.1 Å². The highest BCUT2D eigenvalue weighted by atomic mass is 16.5. The molecule has 0 bridgehead atoms. The Hall–Kier alpha value is -2.99. The topological polar surface area (TPSA) is 61.4 Å². The van der Waals surface area contributed by atoms with Crippen molar-refractivity contribution in [3.63, 3.8) is 0 Å². The largest absolute Gasteiger partial charge is 0.384 e. The predicted octanol–water partition coefficient (Wildman–Crippen LogP) is 3.93. The molecule has 0 amide bonds. The van der Waals surface area contributed by atoms with E-state index >= 15 is 0 Å². The molecule has 150 valence electrons. The minimum Gasteiger partial charge on any atom is -0.384 e. The van der Waals surface area contributed by atoms with Gasteiger partial charge < -0.3 is 4.74 Å². The average Bonchev–Trinajstić information content (AvgIpc) is 3.12. The Balaban J connectivity index is 1.99. The molecule has 3 heterocycles. The van der Waals surface area contributed by atoms with Crippen LogP contribution in [0.15, 0.2) is 41.2 Å². The Kier molecular flexibility index (Phi) is 5.20. The quantitative estimate of drug-likeness (QED) is 0.500. The van der Waals surface area contributed by atoms with Crippen LogP contribution in [-0.4, -0.2) is 32.9 Å². The zero-order chi connectivity index (χ0) is 20.5. The van der Waals surface area contributed by atoms with Gasteiger partial charge in [0, 0.05) is 37.5 Å². The molecule has 3 aromatic heterocycles. The van der Waals surface area contributed by atoms with Crippen LogP contribution in [0.1, 0.15) is 30.4 Å². The maximum absolute atomic E-state index is 13.2. The first-order valence-electron chi connectivity index (χ1n) is 10.0. The molecule has 0 fully saturated rings. The van der Waals surface area contributed by atoms with Crippen molar-refractivity contribution in [2.45, 2.75) is 40.2 Å². The van der Waals surface area contributed by atoms with Crippen LogP contribution in [0, 0.1) is 13.8 Å². The van der Waals surface area contributed by atoms with Gasteiger partial charge in [0.05, 0.1) is 23.2 Å². The van der Waals surface area contributed by atoms with Gasteiger partial charge in [-0.05, 0) is 55.7 Å². The summed E-state index contributed by atoms with van der Waals surface area (Å²) in [5.41, 5.74) is 6.70. The molecular formula is C23H26N4O2. The van der Waals surface area contributed by atoms with E-state index in [1.165, 1.54) is 0 Å². The van der Waals surface area contributed by atoms with Crippen LogP contribution in [0.3, 0.4) is 0 Å². The lowest BCUT2D eigenvalue weighted by Gasteiger charge is -2.11. The number of hydrogen-bond acceptors (Lipinski definition) is 4. The number of hydrogen-bond donors (Lipinski definition) is 0. The Morgan fingerprint density at radius 3 is 2.48 bits per heavy atom. The lowest BCUT2D eigenvalue weighted by atomic mass is 10.0. The minimum atomic E-state index is 0.0289. The molecule has 0 radical (unpaired) electrons. The molecule has 0 spiro atoms. The zero-order valence-corrected chi connectivity index (χ0v) is 17.4. The number of fused-ring (bicyclic) bond motifs is 3. The van der Waals surface area contributed by atoms with Crippen molar-refractivity contribution in [2.75, 3.05) is 13.7 Å². The van der Waals surface area contributed by atoms with Gasteiger partial charge >= 0.3 is 0 Å². The Morgan fingerprint density at radius 2 is 1.79 bits per heavy atom. The summed E-state index contributed by atoms with van der Waals surface area (Å²) < 4.78 is 8.94. The van der Waals surface area contributed by atoms with E-state index in [1.54, 1.807) is 7.11 Å². The summed E-state index contributed by atoms with van der Waals surface area (Å²) >= 11 is 0. The normalized spacial score (nSPS) is 11.6. The average molecular weight is 390 g/mol. The second kappa shape index (κ2) is 7.79. The summed E-state index contributed by atoms with van der Waals surface area (Å²) in [7, 11) is 1.68. The van der Waals surface area contributed by atoms with E-state index in [0.717, 1.165) is 45.8 Å². The highest BCUT2D eigenvalue weighted by molar-refractivity contribution is 5.85.